The maximum atomic E-state index is 9.64. The van der Waals surface area contributed by atoms with Gasteiger partial charge in [0.25, 0.3) is 0 Å². The molecule has 3 nitrogen and oxygen atoms in total. The third-order valence-corrected chi connectivity index (χ3v) is 4.04. The van der Waals surface area contributed by atoms with Crippen LogP contribution in [0.2, 0.25) is 5.02 Å². The minimum Gasteiger partial charge on any atom is -0.394 e. The number of benzene rings is 1. The van der Waals surface area contributed by atoms with Crippen LogP contribution in [0.5, 0.6) is 0 Å². The Hall–Kier alpha value is -0.770. The van der Waals surface area contributed by atoms with Crippen molar-refractivity contribution >= 4 is 17.3 Å². The first kappa shape index (κ1) is 14.6. The lowest BCUT2D eigenvalue weighted by Gasteiger charge is -2.32. The molecule has 0 radical (unpaired) electrons. The summed E-state index contributed by atoms with van der Waals surface area (Å²) in [6.45, 7) is 2.04. The van der Waals surface area contributed by atoms with E-state index in [2.05, 4.69) is 16.3 Å². The predicted molar refractivity (Wildman–Crippen MR) is 80.9 cm³/mol. The zero-order valence-corrected chi connectivity index (χ0v) is 12.3. The van der Waals surface area contributed by atoms with Gasteiger partial charge in [0.1, 0.15) is 0 Å². The Morgan fingerprint density at radius 3 is 2.95 bits per heavy atom. The maximum absolute atomic E-state index is 9.64. The van der Waals surface area contributed by atoms with E-state index in [1.807, 2.05) is 19.2 Å². The molecule has 4 heteroatoms. The average Bonchev–Trinajstić information content (AvgIpc) is 2.64. The van der Waals surface area contributed by atoms with Crippen LogP contribution in [0.4, 0.5) is 5.69 Å². The molecule has 0 aliphatic carbocycles. The number of nitrogens with one attached hydrogen (secondary N) is 1. The van der Waals surface area contributed by atoms with Gasteiger partial charge in [-0.15, -0.1) is 0 Å². The molecule has 1 aliphatic rings. The molecule has 1 aliphatic heterocycles. The van der Waals surface area contributed by atoms with Gasteiger partial charge in [-0.05, 0) is 43.7 Å². The van der Waals surface area contributed by atoms with Crippen molar-refractivity contribution in [2.24, 2.45) is 0 Å². The van der Waals surface area contributed by atoms with Gasteiger partial charge in [-0.25, -0.2) is 0 Å². The molecule has 0 amide bonds. The predicted octanol–water partition coefficient (Wildman–Crippen LogP) is 2.80. The van der Waals surface area contributed by atoms with Crippen molar-refractivity contribution in [3.05, 3.63) is 28.8 Å². The summed E-state index contributed by atoms with van der Waals surface area (Å²) in [5.41, 5.74) is 2.41. The summed E-state index contributed by atoms with van der Waals surface area (Å²) in [5, 5.41) is 13.6. The van der Waals surface area contributed by atoms with Crippen LogP contribution >= 0.6 is 11.6 Å². The summed E-state index contributed by atoms with van der Waals surface area (Å²) in [7, 11) is 1.94. The number of aliphatic hydroxyl groups is 1. The van der Waals surface area contributed by atoms with Gasteiger partial charge in [0.15, 0.2) is 0 Å². The van der Waals surface area contributed by atoms with E-state index in [0.717, 1.165) is 24.5 Å². The summed E-state index contributed by atoms with van der Waals surface area (Å²) >= 11 is 6.10. The van der Waals surface area contributed by atoms with Gasteiger partial charge in [0.2, 0.25) is 0 Å². The van der Waals surface area contributed by atoms with Crippen molar-refractivity contribution in [3.63, 3.8) is 0 Å². The normalized spacial score (nSPS) is 20.4. The van der Waals surface area contributed by atoms with Crippen LogP contribution in [0.1, 0.15) is 31.2 Å². The van der Waals surface area contributed by atoms with Crippen LogP contribution in [0.25, 0.3) is 0 Å². The molecule has 0 aromatic heterocycles. The third-order valence-electron chi connectivity index (χ3n) is 3.81. The van der Waals surface area contributed by atoms with Crippen LogP contribution in [0.3, 0.4) is 0 Å². The summed E-state index contributed by atoms with van der Waals surface area (Å²) in [6.07, 6.45) is 4.72. The van der Waals surface area contributed by atoms with E-state index in [1.54, 1.807) is 0 Å². The van der Waals surface area contributed by atoms with Gasteiger partial charge in [-0.2, -0.15) is 0 Å². The molecular formula is C15H23ClN2O. The van der Waals surface area contributed by atoms with Crippen molar-refractivity contribution < 1.29 is 5.11 Å². The molecule has 1 heterocycles. The molecule has 2 N–H and O–H groups in total. The third kappa shape index (κ3) is 3.62. The Kier molecular flexibility index (Phi) is 5.49. The standard InChI is InChI=1S/C15H23ClN2O/c1-17-10-12-9-13(16)6-7-15(12)18-8-4-2-3-5-14(18)11-19/h6-7,9,14,17,19H,2-5,8,10-11H2,1H3. The second-order valence-electron chi connectivity index (χ2n) is 5.18. The highest BCUT2D eigenvalue weighted by molar-refractivity contribution is 6.30. The van der Waals surface area contributed by atoms with Crippen molar-refractivity contribution in [2.75, 3.05) is 25.1 Å². The first-order valence-corrected chi connectivity index (χ1v) is 7.44. The smallest absolute Gasteiger partial charge is 0.0635 e. The van der Waals surface area contributed by atoms with E-state index < -0.39 is 0 Å². The van der Waals surface area contributed by atoms with E-state index in [0.29, 0.717) is 0 Å². The number of aliphatic hydroxyl groups excluding tert-OH is 1. The lowest BCUT2D eigenvalue weighted by atomic mass is 10.1. The molecule has 0 bridgehead atoms. The van der Waals surface area contributed by atoms with Crippen molar-refractivity contribution in [3.8, 4) is 0 Å². The first-order chi connectivity index (χ1) is 9.26. The number of halogens is 1. The molecule has 1 saturated heterocycles. The molecule has 0 saturated carbocycles. The van der Waals surface area contributed by atoms with Gasteiger partial charge in [0, 0.05) is 23.8 Å². The molecule has 1 aromatic carbocycles. The van der Waals surface area contributed by atoms with E-state index in [-0.39, 0.29) is 12.6 Å². The van der Waals surface area contributed by atoms with Gasteiger partial charge >= 0.3 is 0 Å². The molecule has 106 valence electrons. The Labute approximate surface area is 120 Å². The minimum atomic E-state index is 0.224. The summed E-state index contributed by atoms with van der Waals surface area (Å²) in [5.74, 6) is 0. The summed E-state index contributed by atoms with van der Waals surface area (Å²) in [4.78, 5) is 2.36. The van der Waals surface area contributed by atoms with Crippen LogP contribution in [-0.4, -0.2) is 31.3 Å². The minimum absolute atomic E-state index is 0.224. The fourth-order valence-electron chi connectivity index (χ4n) is 2.85. The fraction of sp³-hybridized carbons (Fsp3) is 0.600. The van der Waals surface area contributed by atoms with Gasteiger partial charge in [-0.1, -0.05) is 24.4 Å². The molecule has 0 spiro atoms. The van der Waals surface area contributed by atoms with E-state index in [1.165, 1.54) is 30.5 Å². The monoisotopic (exact) mass is 282 g/mol. The van der Waals surface area contributed by atoms with Crippen LogP contribution < -0.4 is 10.2 Å². The van der Waals surface area contributed by atoms with Gasteiger partial charge in [-0.3, -0.25) is 0 Å². The lowest BCUT2D eigenvalue weighted by Crippen LogP contribution is -2.38. The summed E-state index contributed by atoms with van der Waals surface area (Å²) in [6, 6.07) is 6.28. The average molecular weight is 283 g/mol. The van der Waals surface area contributed by atoms with Crippen molar-refractivity contribution in [1.29, 1.82) is 0 Å². The first-order valence-electron chi connectivity index (χ1n) is 7.06. The van der Waals surface area contributed by atoms with Gasteiger partial charge in [0.05, 0.1) is 12.6 Å². The second-order valence-corrected chi connectivity index (χ2v) is 5.62. The Balaban J connectivity index is 2.31. The molecular weight excluding hydrogens is 260 g/mol. The quantitative estimate of drug-likeness (QED) is 0.891. The van der Waals surface area contributed by atoms with E-state index in [4.69, 9.17) is 11.6 Å². The number of nitrogens with zero attached hydrogens (tertiary/aromatic N) is 1. The Morgan fingerprint density at radius 1 is 1.37 bits per heavy atom. The van der Waals surface area contributed by atoms with Crippen LogP contribution in [-0.2, 0) is 6.54 Å². The topological polar surface area (TPSA) is 35.5 Å². The highest BCUT2D eigenvalue weighted by Gasteiger charge is 2.22. The number of hydrogen-bond acceptors (Lipinski definition) is 3. The largest absolute Gasteiger partial charge is 0.394 e. The van der Waals surface area contributed by atoms with Gasteiger partial charge < -0.3 is 15.3 Å². The highest BCUT2D eigenvalue weighted by atomic mass is 35.5. The van der Waals surface area contributed by atoms with E-state index in [9.17, 15) is 5.11 Å². The van der Waals surface area contributed by atoms with E-state index >= 15 is 0 Å². The van der Waals surface area contributed by atoms with Crippen LogP contribution in [0.15, 0.2) is 18.2 Å². The number of hydrogen-bond donors (Lipinski definition) is 2. The Bertz CT molecular complexity index is 411. The van der Waals surface area contributed by atoms with Crippen molar-refractivity contribution in [2.45, 2.75) is 38.3 Å². The van der Waals surface area contributed by atoms with Crippen molar-refractivity contribution in [1.82, 2.24) is 5.32 Å². The second kappa shape index (κ2) is 7.13. The SMILES string of the molecule is CNCc1cc(Cl)ccc1N1CCCCCC1CO. The molecule has 1 aromatic rings. The lowest BCUT2D eigenvalue weighted by molar-refractivity contribution is 0.255. The number of rotatable bonds is 4. The number of anilines is 1. The molecule has 1 unspecified atom stereocenters. The molecule has 1 atom stereocenters. The zero-order valence-electron chi connectivity index (χ0n) is 11.5. The van der Waals surface area contributed by atoms with Crippen LogP contribution in [0, 0.1) is 0 Å². The highest BCUT2D eigenvalue weighted by Crippen LogP contribution is 2.29. The zero-order chi connectivity index (χ0) is 13.7. The maximum Gasteiger partial charge on any atom is 0.0635 e. The fourth-order valence-corrected chi connectivity index (χ4v) is 3.05. The molecule has 1 fully saturated rings. The Morgan fingerprint density at radius 2 is 2.21 bits per heavy atom. The molecule has 2 rings (SSSR count). The molecule has 19 heavy (non-hydrogen) atoms. The summed E-state index contributed by atoms with van der Waals surface area (Å²) < 4.78 is 0.